The summed E-state index contributed by atoms with van der Waals surface area (Å²) in [6.07, 6.45) is 3.60. The Morgan fingerprint density at radius 1 is 1.29 bits per heavy atom. The number of primary amides is 1. The smallest absolute Gasteiger partial charge is 0.417 e. The van der Waals surface area contributed by atoms with Crippen molar-refractivity contribution in [1.82, 2.24) is 14.5 Å². The van der Waals surface area contributed by atoms with Gasteiger partial charge >= 0.3 is 5.76 Å². The zero-order chi connectivity index (χ0) is 21.1. The number of benzene rings is 2. The molecule has 1 fully saturated rings. The van der Waals surface area contributed by atoms with E-state index in [4.69, 9.17) is 19.9 Å². The Morgan fingerprint density at radius 3 is 2.97 bits per heavy atom. The molecule has 31 heavy (non-hydrogen) atoms. The number of nitrogens with one attached hydrogen (secondary N) is 1. The number of oxazole rings is 1. The van der Waals surface area contributed by atoms with E-state index >= 15 is 0 Å². The number of ether oxygens (including phenoxy) is 1. The van der Waals surface area contributed by atoms with Crippen molar-refractivity contribution in [2.45, 2.75) is 32.2 Å². The first-order valence-corrected chi connectivity index (χ1v) is 10.7. The number of amides is 1. The molecular weight excluding hydrogens is 396 g/mol. The number of hydrogen-bond donors (Lipinski definition) is 2. The summed E-state index contributed by atoms with van der Waals surface area (Å²) < 4.78 is 13.4. The third kappa shape index (κ3) is 3.10. The lowest BCUT2D eigenvalue weighted by Gasteiger charge is -2.13. The largest absolute Gasteiger partial charge is 0.491 e. The van der Waals surface area contributed by atoms with E-state index < -0.39 is 5.76 Å². The third-order valence-corrected chi connectivity index (χ3v) is 6.34. The van der Waals surface area contributed by atoms with E-state index in [1.54, 1.807) is 6.07 Å². The summed E-state index contributed by atoms with van der Waals surface area (Å²) in [6.45, 7) is 1.40. The van der Waals surface area contributed by atoms with Gasteiger partial charge in [-0.15, -0.1) is 0 Å². The zero-order valence-electron chi connectivity index (χ0n) is 16.9. The molecule has 0 saturated heterocycles. The molecule has 8 nitrogen and oxygen atoms in total. The van der Waals surface area contributed by atoms with Gasteiger partial charge in [-0.2, -0.15) is 0 Å². The molecule has 1 saturated carbocycles. The highest BCUT2D eigenvalue weighted by Gasteiger charge is 2.35. The fourth-order valence-electron chi connectivity index (χ4n) is 4.70. The first-order valence-electron chi connectivity index (χ1n) is 10.7. The number of nitrogens with two attached hydrogens (primary N) is 1. The molecule has 158 valence electrons. The predicted molar refractivity (Wildman–Crippen MR) is 115 cm³/mol. The van der Waals surface area contributed by atoms with E-state index in [-0.39, 0.29) is 11.8 Å². The highest BCUT2D eigenvalue weighted by atomic mass is 16.5. The molecule has 8 heteroatoms. The highest BCUT2D eigenvalue weighted by Crippen LogP contribution is 2.40. The standard InChI is InChI=1S/C23H22N4O4/c24-21(28)15(13-2-3-13)8-12-9-17-20-19(10-12)30-7-1-6-27(20)22(25-17)14-4-5-18-16(11-14)26-23(29)31-18/h4-5,9-11,13,15H,1-3,6-8H2,(H2,24,28)(H,26,29)/t15-/m0/s1. The number of H-pyrrole nitrogens is 1. The maximum Gasteiger partial charge on any atom is 0.417 e. The fraction of sp³-hybridized carbons (Fsp3) is 0.348. The minimum absolute atomic E-state index is 0.141. The normalized spacial score (nSPS) is 16.9. The van der Waals surface area contributed by atoms with E-state index in [0.29, 0.717) is 30.0 Å². The van der Waals surface area contributed by atoms with Crippen molar-refractivity contribution in [2.24, 2.45) is 17.6 Å². The van der Waals surface area contributed by atoms with Crippen LogP contribution < -0.4 is 16.2 Å². The number of fused-ring (bicyclic) bond motifs is 1. The molecule has 0 spiro atoms. The van der Waals surface area contributed by atoms with Gasteiger partial charge in [-0.25, -0.2) is 9.78 Å². The van der Waals surface area contributed by atoms with Crippen LogP contribution >= 0.6 is 0 Å². The summed E-state index contributed by atoms with van der Waals surface area (Å²) in [4.78, 5) is 31.1. The van der Waals surface area contributed by atoms with Crippen LogP contribution in [-0.2, 0) is 17.8 Å². The quantitative estimate of drug-likeness (QED) is 0.517. The van der Waals surface area contributed by atoms with Crippen LogP contribution in [-0.4, -0.2) is 27.0 Å². The van der Waals surface area contributed by atoms with E-state index in [0.717, 1.165) is 59.5 Å². The molecule has 3 N–H and O–H groups in total. The van der Waals surface area contributed by atoms with Crippen molar-refractivity contribution in [3.8, 4) is 17.1 Å². The van der Waals surface area contributed by atoms with E-state index in [1.165, 1.54) is 0 Å². The van der Waals surface area contributed by atoms with Crippen LogP contribution in [0.5, 0.6) is 5.75 Å². The second-order valence-electron chi connectivity index (χ2n) is 8.53. The lowest BCUT2D eigenvalue weighted by atomic mass is 9.94. The van der Waals surface area contributed by atoms with Gasteiger partial charge in [-0.1, -0.05) is 0 Å². The summed E-state index contributed by atoms with van der Waals surface area (Å²) in [6, 6.07) is 9.65. The Bertz CT molecular complexity index is 1390. The molecule has 4 aromatic rings. The summed E-state index contributed by atoms with van der Waals surface area (Å²) in [5.74, 6) is 1.15. The molecule has 2 aliphatic rings. The number of nitrogens with zero attached hydrogens (tertiary/aromatic N) is 2. The molecule has 0 bridgehead atoms. The molecule has 2 aromatic heterocycles. The van der Waals surface area contributed by atoms with Crippen LogP contribution in [0.1, 0.15) is 24.8 Å². The Morgan fingerprint density at radius 2 is 2.16 bits per heavy atom. The second-order valence-corrected chi connectivity index (χ2v) is 8.53. The number of carbonyl (C=O) groups excluding carboxylic acids is 1. The van der Waals surface area contributed by atoms with Crippen LogP contribution in [0.3, 0.4) is 0 Å². The predicted octanol–water partition coefficient (Wildman–Crippen LogP) is 2.97. The van der Waals surface area contributed by atoms with Crippen LogP contribution in [0.25, 0.3) is 33.5 Å². The lowest BCUT2D eigenvalue weighted by Crippen LogP contribution is -2.26. The van der Waals surface area contributed by atoms with Gasteiger partial charge in [0.05, 0.1) is 17.6 Å². The van der Waals surface area contributed by atoms with Crippen molar-refractivity contribution in [3.63, 3.8) is 0 Å². The first-order chi connectivity index (χ1) is 15.1. The van der Waals surface area contributed by atoms with Gasteiger partial charge in [0.2, 0.25) is 5.91 Å². The number of rotatable bonds is 5. The maximum absolute atomic E-state index is 12.0. The van der Waals surface area contributed by atoms with Crippen molar-refractivity contribution in [3.05, 3.63) is 46.4 Å². The fourth-order valence-corrected chi connectivity index (χ4v) is 4.70. The molecule has 1 aliphatic carbocycles. The minimum atomic E-state index is -0.474. The van der Waals surface area contributed by atoms with Crippen LogP contribution in [0.2, 0.25) is 0 Å². The Hall–Kier alpha value is -3.55. The topological polar surface area (TPSA) is 116 Å². The zero-order valence-corrected chi connectivity index (χ0v) is 16.9. The average molecular weight is 418 g/mol. The molecular formula is C23H22N4O4. The Labute approximate surface area is 177 Å². The van der Waals surface area contributed by atoms with Crippen molar-refractivity contribution >= 4 is 28.0 Å². The monoisotopic (exact) mass is 418 g/mol. The molecule has 1 aliphatic heterocycles. The van der Waals surface area contributed by atoms with Gasteiger partial charge in [0.1, 0.15) is 17.1 Å². The number of aromatic amines is 1. The van der Waals surface area contributed by atoms with Crippen molar-refractivity contribution in [1.29, 1.82) is 0 Å². The SMILES string of the molecule is NC(=O)[C@@H](Cc1cc2c3c(c1)nc(-c1ccc4oc(=O)[nH]c4c1)n3CCCO2)C1CC1. The Balaban J connectivity index is 1.48. The lowest BCUT2D eigenvalue weighted by molar-refractivity contribution is -0.122. The van der Waals surface area contributed by atoms with Gasteiger partial charge in [0.15, 0.2) is 5.58 Å². The summed E-state index contributed by atoms with van der Waals surface area (Å²) >= 11 is 0. The molecule has 1 atom stereocenters. The third-order valence-electron chi connectivity index (χ3n) is 6.34. The molecule has 1 amide bonds. The molecule has 2 aromatic carbocycles. The molecule has 3 heterocycles. The minimum Gasteiger partial charge on any atom is -0.491 e. The van der Waals surface area contributed by atoms with Gasteiger partial charge in [-0.05, 0) is 67.5 Å². The molecule has 0 radical (unpaired) electrons. The van der Waals surface area contributed by atoms with Gasteiger partial charge in [0, 0.05) is 18.0 Å². The average Bonchev–Trinajstić information content (AvgIpc) is 3.45. The number of hydrogen-bond acceptors (Lipinski definition) is 5. The van der Waals surface area contributed by atoms with Gasteiger partial charge in [-0.3, -0.25) is 9.78 Å². The van der Waals surface area contributed by atoms with E-state index in [2.05, 4.69) is 9.55 Å². The number of aryl methyl sites for hydroxylation is 1. The van der Waals surface area contributed by atoms with Crippen molar-refractivity contribution < 1.29 is 13.9 Å². The van der Waals surface area contributed by atoms with Crippen LogP contribution in [0.15, 0.2) is 39.5 Å². The summed E-state index contributed by atoms with van der Waals surface area (Å²) in [5.41, 5.74) is 10.5. The number of imidazole rings is 1. The summed E-state index contributed by atoms with van der Waals surface area (Å²) in [7, 11) is 0. The number of carbonyl (C=O) groups is 1. The second kappa shape index (κ2) is 6.73. The van der Waals surface area contributed by atoms with Crippen LogP contribution in [0, 0.1) is 11.8 Å². The van der Waals surface area contributed by atoms with Gasteiger partial charge in [0.25, 0.3) is 0 Å². The highest BCUT2D eigenvalue weighted by molar-refractivity contribution is 5.88. The Kier molecular flexibility index (Phi) is 3.96. The number of aromatic nitrogens is 3. The summed E-state index contributed by atoms with van der Waals surface area (Å²) in [5, 5.41) is 0. The molecule has 6 rings (SSSR count). The van der Waals surface area contributed by atoms with Crippen molar-refractivity contribution in [2.75, 3.05) is 6.61 Å². The van der Waals surface area contributed by atoms with Crippen LogP contribution in [0.4, 0.5) is 0 Å². The van der Waals surface area contributed by atoms with Gasteiger partial charge < -0.3 is 19.5 Å². The van der Waals surface area contributed by atoms with E-state index in [9.17, 15) is 9.59 Å². The molecule has 0 unspecified atom stereocenters. The van der Waals surface area contributed by atoms with E-state index in [1.807, 2.05) is 24.3 Å². The first kappa shape index (κ1) is 18.2. The maximum atomic E-state index is 12.0.